The molecule has 47 heavy (non-hydrogen) atoms. The van der Waals surface area contributed by atoms with Crippen molar-refractivity contribution in [3.63, 3.8) is 0 Å². The molecule has 1 aliphatic heterocycles. The SMILES string of the molecule is N[C@@H](Cn1c(=O)c2c(n(Cc3c(F)cccc3C(F)(F)F)c1=O)CCC21CCN(Cc2ccc(C(F)(F)F)o2)CC1)c1ccccc1. The molecule has 6 rings (SSSR count). The van der Waals surface area contributed by atoms with Crippen LogP contribution in [0.15, 0.2) is 74.7 Å². The number of hydrogen-bond donors (Lipinski definition) is 1. The van der Waals surface area contributed by atoms with Gasteiger partial charge in [-0.05, 0) is 68.6 Å². The number of alkyl halides is 6. The molecule has 2 aromatic carbocycles. The summed E-state index contributed by atoms with van der Waals surface area (Å²) in [7, 11) is 0. The van der Waals surface area contributed by atoms with E-state index in [1.807, 2.05) is 4.90 Å². The van der Waals surface area contributed by atoms with E-state index in [-0.39, 0.29) is 31.0 Å². The minimum absolute atomic E-state index is 0.113. The maximum absolute atomic E-state index is 15.0. The number of fused-ring (bicyclic) bond motifs is 2. The average molecular weight is 665 g/mol. The van der Waals surface area contributed by atoms with Gasteiger partial charge in [0.25, 0.3) is 5.56 Å². The first-order valence-corrected chi connectivity index (χ1v) is 15.1. The van der Waals surface area contributed by atoms with E-state index < -0.39 is 64.3 Å². The largest absolute Gasteiger partial charge is 0.455 e. The molecule has 14 heteroatoms. The minimum Gasteiger partial charge on any atom is -0.455 e. The molecule has 7 nitrogen and oxygen atoms in total. The Kier molecular flexibility index (Phi) is 8.45. The second-order valence-electron chi connectivity index (χ2n) is 12.2. The molecule has 1 aliphatic carbocycles. The molecule has 3 heterocycles. The van der Waals surface area contributed by atoms with Crippen molar-refractivity contribution in [3.05, 3.63) is 127 Å². The molecule has 0 amide bonds. The molecular weight excluding hydrogens is 633 g/mol. The minimum atomic E-state index is -4.89. The van der Waals surface area contributed by atoms with E-state index in [0.717, 1.165) is 33.4 Å². The van der Waals surface area contributed by atoms with Crippen molar-refractivity contribution >= 4 is 0 Å². The first-order chi connectivity index (χ1) is 22.2. The van der Waals surface area contributed by atoms with Gasteiger partial charge in [0.1, 0.15) is 11.6 Å². The highest BCUT2D eigenvalue weighted by Crippen LogP contribution is 2.45. The summed E-state index contributed by atoms with van der Waals surface area (Å²) in [6.45, 7) is -0.126. The summed E-state index contributed by atoms with van der Waals surface area (Å²) >= 11 is 0. The standard InChI is InChI=1S/C33H31F7N4O3/c34-24-8-4-7-23(32(35,36)37)22(24)18-43-26-11-12-31(13-15-42(16-14-31)17-21-9-10-27(47-21)33(38,39)40)28(26)29(45)44(30(43)46)19-25(41)20-5-2-1-3-6-20/h1-10,25H,11-19,41H2/t25-/m0/s1. The van der Waals surface area contributed by atoms with Gasteiger partial charge in [-0.25, -0.2) is 9.18 Å². The predicted octanol–water partition coefficient (Wildman–Crippen LogP) is 6.01. The summed E-state index contributed by atoms with van der Waals surface area (Å²) in [5, 5.41) is 0. The zero-order valence-corrected chi connectivity index (χ0v) is 25.0. The van der Waals surface area contributed by atoms with E-state index in [2.05, 4.69) is 0 Å². The Morgan fingerprint density at radius 3 is 2.17 bits per heavy atom. The van der Waals surface area contributed by atoms with Crippen LogP contribution in [0.4, 0.5) is 30.7 Å². The van der Waals surface area contributed by atoms with Gasteiger partial charge in [0, 0.05) is 28.3 Å². The molecule has 1 saturated heterocycles. The Morgan fingerprint density at radius 2 is 1.53 bits per heavy atom. The highest BCUT2D eigenvalue weighted by Gasteiger charge is 2.46. The van der Waals surface area contributed by atoms with Gasteiger partial charge in [0.05, 0.1) is 25.2 Å². The van der Waals surface area contributed by atoms with Crippen molar-refractivity contribution in [1.29, 1.82) is 0 Å². The van der Waals surface area contributed by atoms with Crippen LogP contribution in [-0.2, 0) is 43.8 Å². The van der Waals surface area contributed by atoms with Gasteiger partial charge in [-0.3, -0.25) is 18.8 Å². The molecule has 1 fully saturated rings. The number of benzene rings is 2. The lowest BCUT2D eigenvalue weighted by atomic mass is 9.74. The lowest BCUT2D eigenvalue weighted by Crippen LogP contribution is -2.49. The van der Waals surface area contributed by atoms with Crippen molar-refractivity contribution in [1.82, 2.24) is 14.0 Å². The fourth-order valence-electron chi connectivity index (χ4n) is 6.96. The molecule has 0 radical (unpaired) electrons. The molecule has 250 valence electrons. The van der Waals surface area contributed by atoms with E-state index in [1.165, 1.54) is 6.07 Å². The quantitative estimate of drug-likeness (QED) is 0.245. The Morgan fingerprint density at radius 1 is 0.830 bits per heavy atom. The predicted molar refractivity (Wildman–Crippen MR) is 157 cm³/mol. The Bertz CT molecular complexity index is 1890. The van der Waals surface area contributed by atoms with Crippen LogP contribution in [0, 0.1) is 5.82 Å². The van der Waals surface area contributed by atoms with Crippen LogP contribution in [0.25, 0.3) is 0 Å². The first-order valence-electron chi connectivity index (χ1n) is 15.1. The molecule has 1 spiro atoms. The van der Waals surface area contributed by atoms with Crippen LogP contribution in [0.2, 0.25) is 0 Å². The lowest BCUT2D eigenvalue weighted by molar-refractivity contribution is -0.153. The van der Waals surface area contributed by atoms with Crippen LogP contribution in [-0.4, -0.2) is 27.1 Å². The summed E-state index contributed by atoms with van der Waals surface area (Å²) in [6, 6.07) is 12.6. The van der Waals surface area contributed by atoms with Crippen LogP contribution in [0.3, 0.4) is 0 Å². The first kappa shape index (κ1) is 32.8. The molecule has 0 unspecified atom stereocenters. The Hall–Kier alpha value is -4.17. The van der Waals surface area contributed by atoms with Gasteiger partial charge >= 0.3 is 18.0 Å². The van der Waals surface area contributed by atoms with Gasteiger partial charge in [0.15, 0.2) is 0 Å². The highest BCUT2D eigenvalue weighted by atomic mass is 19.4. The van der Waals surface area contributed by atoms with Crippen LogP contribution >= 0.6 is 0 Å². The Labute approximate surface area is 264 Å². The summed E-state index contributed by atoms with van der Waals surface area (Å²) in [6.07, 6.45) is -8.08. The van der Waals surface area contributed by atoms with Gasteiger partial charge in [-0.15, -0.1) is 0 Å². The van der Waals surface area contributed by atoms with Gasteiger partial charge in [-0.1, -0.05) is 36.4 Å². The molecular formula is C33H31F7N4O3. The Balaban J connectivity index is 1.38. The van der Waals surface area contributed by atoms with E-state index in [4.69, 9.17) is 10.2 Å². The molecule has 1 atom stereocenters. The fraction of sp³-hybridized carbons (Fsp3) is 0.394. The summed E-state index contributed by atoms with van der Waals surface area (Å²) in [5.41, 5.74) is 3.43. The summed E-state index contributed by atoms with van der Waals surface area (Å²) in [5.74, 6) is -2.09. The number of piperidine rings is 1. The highest BCUT2D eigenvalue weighted by molar-refractivity contribution is 5.37. The molecule has 2 aromatic heterocycles. The second-order valence-corrected chi connectivity index (χ2v) is 12.2. The average Bonchev–Trinajstić information content (AvgIpc) is 3.65. The number of aromatic nitrogens is 2. The number of nitrogens with two attached hydrogens (primary N) is 1. The summed E-state index contributed by atoms with van der Waals surface area (Å²) in [4.78, 5) is 30.1. The third-order valence-electron chi connectivity index (χ3n) is 9.39. The number of furan rings is 1. The van der Waals surface area contributed by atoms with Crippen LogP contribution in [0.5, 0.6) is 0 Å². The molecule has 2 aliphatic rings. The van der Waals surface area contributed by atoms with Crippen molar-refractivity contribution in [2.45, 2.75) is 69.1 Å². The summed E-state index contributed by atoms with van der Waals surface area (Å²) < 4.78 is 103. The van der Waals surface area contributed by atoms with Crippen molar-refractivity contribution < 1.29 is 35.2 Å². The molecule has 4 aromatic rings. The monoisotopic (exact) mass is 664 g/mol. The number of hydrogen-bond acceptors (Lipinski definition) is 5. The van der Waals surface area contributed by atoms with Crippen LogP contribution < -0.4 is 17.0 Å². The zero-order valence-electron chi connectivity index (χ0n) is 25.0. The van der Waals surface area contributed by atoms with Gasteiger partial charge in [0.2, 0.25) is 5.76 Å². The van der Waals surface area contributed by atoms with Gasteiger partial charge in [-0.2, -0.15) is 26.3 Å². The molecule has 0 bridgehead atoms. The van der Waals surface area contributed by atoms with E-state index in [0.29, 0.717) is 43.5 Å². The number of likely N-dealkylation sites (tertiary alicyclic amines) is 1. The fourth-order valence-corrected chi connectivity index (χ4v) is 6.96. The topological polar surface area (TPSA) is 86.4 Å². The maximum atomic E-state index is 15.0. The van der Waals surface area contributed by atoms with Crippen molar-refractivity contribution in [2.24, 2.45) is 5.73 Å². The second kappa shape index (κ2) is 12.1. The number of halogens is 7. The van der Waals surface area contributed by atoms with Gasteiger partial charge < -0.3 is 10.2 Å². The zero-order chi connectivity index (χ0) is 33.7. The molecule has 2 N–H and O–H groups in total. The van der Waals surface area contributed by atoms with E-state index in [9.17, 15) is 35.9 Å². The van der Waals surface area contributed by atoms with E-state index in [1.54, 1.807) is 30.3 Å². The maximum Gasteiger partial charge on any atom is 0.449 e. The lowest BCUT2D eigenvalue weighted by Gasteiger charge is -2.39. The van der Waals surface area contributed by atoms with Crippen molar-refractivity contribution in [3.8, 4) is 0 Å². The number of rotatable bonds is 7. The molecule has 0 saturated carbocycles. The third kappa shape index (κ3) is 6.28. The van der Waals surface area contributed by atoms with E-state index >= 15 is 4.39 Å². The normalized spacial score (nSPS) is 17.3. The third-order valence-corrected chi connectivity index (χ3v) is 9.39. The number of nitrogens with zero attached hydrogens (tertiary/aromatic N) is 3. The van der Waals surface area contributed by atoms with Crippen molar-refractivity contribution in [2.75, 3.05) is 13.1 Å². The van der Waals surface area contributed by atoms with Crippen LogP contribution in [0.1, 0.15) is 64.8 Å². The smallest absolute Gasteiger partial charge is 0.449 e.